The number of hydrogen-bond acceptors (Lipinski definition) is 3. The summed E-state index contributed by atoms with van der Waals surface area (Å²) in [5.41, 5.74) is 7.07. The fourth-order valence-electron chi connectivity index (χ4n) is 2.24. The third-order valence-corrected chi connectivity index (χ3v) is 3.87. The van der Waals surface area contributed by atoms with Crippen LogP contribution in [0.3, 0.4) is 0 Å². The molecule has 1 aliphatic heterocycles. The molecule has 1 saturated heterocycles. The second-order valence-electron chi connectivity index (χ2n) is 4.88. The molecular formula is C14H18N2O2S. The first kappa shape index (κ1) is 13.9. The molecule has 4 nitrogen and oxygen atoms in total. The van der Waals surface area contributed by atoms with Crippen LogP contribution >= 0.6 is 11.8 Å². The van der Waals surface area contributed by atoms with Gasteiger partial charge in [-0.1, -0.05) is 12.1 Å². The van der Waals surface area contributed by atoms with Crippen molar-refractivity contribution >= 4 is 23.6 Å². The molecule has 2 N–H and O–H groups in total. The van der Waals surface area contributed by atoms with Crippen LogP contribution in [-0.4, -0.2) is 36.1 Å². The van der Waals surface area contributed by atoms with Gasteiger partial charge in [-0.25, -0.2) is 0 Å². The van der Waals surface area contributed by atoms with Crippen LogP contribution in [0.15, 0.2) is 24.3 Å². The summed E-state index contributed by atoms with van der Waals surface area (Å²) in [6, 6.07) is 7.72. The molecule has 0 unspecified atom stereocenters. The molecule has 0 aromatic heterocycles. The van der Waals surface area contributed by atoms with Crippen LogP contribution in [0.2, 0.25) is 0 Å². The minimum absolute atomic E-state index is 0.0384. The predicted molar refractivity (Wildman–Crippen MR) is 76.9 cm³/mol. The standard InChI is InChI=1S/C14H18N2O2S/c1-19-9-10-2-4-12(5-3-10)14(18)16-7-11(8-16)6-13(15)17/h2-5,11H,6-9H2,1H3,(H2,15,17). The lowest BCUT2D eigenvalue weighted by Crippen LogP contribution is -2.51. The van der Waals surface area contributed by atoms with E-state index >= 15 is 0 Å². The highest BCUT2D eigenvalue weighted by atomic mass is 32.2. The van der Waals surface area contributed by atoms with E-state index in [0.29, 0.717) is 25.1 Å². The lowest BCUT2D eigenvalue weighted by Gasteiger charge is -2.38. The number of carbonyl (C=O) groups excluding carboxylic acids is 2. The van der Waals surface area contributed by atoms with E-state index in [2.05, 4.69) is 6.26 Å². The van der Waals surface area contributed by atoms with Gasteiger partial charge in [-0.15, -0.1) is 0 Å². The Morgan fingerprint density at radius 2 is 1.95 bits per heavy atom. The van der Waals surface area contributed by atoms with Gasteiger partial charge in [0.15, 0.2) is 0 Å². The number of carbonyl (C=O) groups is 2. The largest absolute Gasteiger partial charge is 0.370 e. The Morgan fingerprint density at radius 1 is 1.32 bits per heavy atom. The molecule has 1 aromatic carbocycles. The van der Waals surface area contributed by atoms with E-state index in [1.807, 2.05) is 24.3 Å². The number of nitrogens with zero attached hydrogens (tertiary/aromatic N) is 1. The lowest BCUT2D eigenvalue weighted by molar-refractivity contribution is -0.119. The highest BCUT2D eigenvalue weighted by Crippen LogP contribution is 2.21. The van der Waals surface area contributed by atoms with Gasteiger partial charge in [0.25, 0.3) is 5.91 Å². The van der Waals surface area contributed by atoms with Crippen molar-refractivity contribution in [3.63, 3.8) is 0 Å². The van der Waals surface area contributed by atoms with E-state index in [-0.39, 0.29) is 17.7 Å². The van der Waals surface area contributed by atoms with Crippen LogP contribution in [0, 0.1) is 5.92 Å². The molecule has 1 heterocycles. The molecule has 0 bridgehead atoms. The minimum Gasteiger partial charge on any atom is -0.370 e. The maximum atomic E-state index is 12.1. The van der Waals surface area contributed by atoms with Crippen molar-refractivity contribution in [2.75, 3.05) is 19.3 Å². The van der Waals surface area contributed by atoms with Crippen LogP contribution in [0.5, 0.6) is 0 Å². The van der Waals surface area contributed by atoms with Gasteiger partial charge < -0.3 is 10.6 Å². The minimum atomic E-state index is -0.293. The predicted octanol–water partition coefficient (Wildman–Crippen LogP) is 1.50. The van der Waals surface area contributed by atoms with E-state index < -0.39 is 0 Å². The Labute approximate surface area is 117 Å². The molecule has 1 fully saturated rings. The molecule has 0 aliphatic carbocycles. The smallest absolute Gasteiger partial charge is 0.253 e. The van der Waals surface area contributed by atoms with Crippen LogP contribution in [-0.2, 0) is 10.5 Å². The van der Waals surface area contributed by atoms with Crippen molar-refractivity contribution < 1.29 is 9.59 Å². The average Bonchev–Trinajstić information content (AvgIpc) is 2.33. The molecule has 0 atom stereocenters. The van der Waals surface area contributed by atoms with Gasteiger partial charge in [0, 0.05) is 36.7 Å². The van der Waals surface area contributed by atoms with E-state index in [4.69, 9.17) is 5.73 Å². The number of thioether (sulfide) groups is 1. The molecular weight excluding hydrogens is 260 g/mol. The summed E-state index contributed by atoms with van der Waals surface area (Å²) >= 11 is 1.76. The monoisotopic (exact) mass is 278 g/mol. The van der Waals surface area contributed by atoms with Crippen LogP contribution in [0.4, 0.5) is 0 Å². The Hall–Kier alpha value is -1.49. The quantitative estimate of drug-likeness (QED) is 0.887. The Morgan fingerprint density at radius 3 is 2.47 bits per heavy atom. The van der Waals surface area contributed by atoms with Gasteiger partial charge in [-0.05, 0) is 24.0 Å². The number of amides is 2. The van der Waals surface area contributed by atoms with E-state index in [0.717, 1.165) is 5.75 Å². The fourth-order valence-corrected chi connectivity index (χ4v) is 2.77. The molecule has 0 spiro atoms. The van der Waals surface area contributed by atoms with Gasteiger partial charge >= 0.3 is 0 Å². The summed E-state index contributed by atoms with van der Waals surface area (Å²) in [4.78, 5) is 24.7. The zero-order chi connectivity index (χ0) is 13.8. The third kappa shape index (κ3) is 3.50. The lowest BCUT2D eigenvalue weighted by atomic mass is 9.95. The maximum Gasteiger partial charge on any atom is 0.253 e. The molecule has 0 radical (unpaired) electrons. The Bertz CT molecular complexity index is 467. The molecule has 1 aliphatic rings. The number of hydrogen-bond donors (Lipinski definition) is 1. The summed E-state index contributed by atoms with van der Waals surface area (Å²) < 4.78 is 0. The summed E-state index contributed by atoms with van der Waals surface area (Å²) in [6.07, 6.45) is 2.43. The van der Waals surface area contributed by atoms with Gasteiger partial charge in [-0.2, -0.15) is 11.8 Å². The summed E-state index contributed by atoms with van der Waals surface area (Å²) in [7, 11) is 0. The number of likely N-dealkylation sites (tertiary alicyclic amines) is 1. The van der Waals surface area contributed by atoms with Crippen molar-refractivity contribution in [1.29, 1.82) is 0 Å². The third-order valence-electron chi connectivity index (χ3n) is 3.25. The van der Waals surface area contributed by atoms with E-state index in [9.17, 15) is 9.59 Å². The van der Waals surface area contributed by atoms with E-state index in [1.165, 1.54) is 5.56 Å². The van der Waals surface area contributed by atoms with Crippen LogP contribution in [0.1, 0.15) is 22.3 Å². The fraction of sp³-hybridized carbons (Fsp3) is 0.429. The summed E-state index contributed by atoms with van der Waals surface area (Å²) in [5.74, 6) is 0.936. The first-order valence-electron chi connectivity index (χ1n) is 6.25. The highest BCUT2D eigenvalue weighted by molar-refractivity contribution is 7.97. The maximum absolute atomic E-state index is 12.1. The molecule has 19 heavy (non-hydrogen) atoms. The van der Waals surface area contributed by atoms with Gasteiger partial charge in [0.2, 0.25) is 5.91 Å². The van der Waals surface area contributed by atoms with Crippen molar-refractivity contribution in [2.45, 2.75) is 12.2 Å². The zero-order valence-electron chi connectivity index (χ0n) is 11.0. The van der Waals surface area contributed by atoms with Crippen LogP contribution < -0.4 is 5.73 Å². The zero-order valence-corrected chi connectivity index (χ0v) is 11.8. The van der Waals surface area contributed by atoms with Crippen molar-refractivity contribution in [1.82, 2.24) is 4.90 Å². The topological polar surface area (TPSA) is 63.4 Å². The molecule has 1 aromatic rings. The average molecular weight is 278 g/mol. The normalized spacial score (nSPS) is 15.1. The van der Waals surface area contributed by atoms with Crippen molar-refractivity contribution in [3.05, 3.63) is 35.4 Å². The van der Waals surface area contributed by atoms with Crippen LogP contribution in [0.25, 0.3) is 0 Å². The van der Waals surface area contributed by atoms with Gasteiger partial charge in [0.05, 0.1) is 0 Å². The second-order valence-corrected chi connectivity index (χ2v) is 5.74. The van der Waals surface area contributed by atoms with Gasteiger partial charge in [0.1, 0.15) is 0 Å². The molecule has 2 rings (SSSR count). The SMILES string of the molecule is CSCc1ccc(C(=O)N2CC(CC(N)=O)C2)cc1. The Balaban J connectivity index is 1.89. The first-order valence-corrected chi connectivity index (χ1v) is 7.65. The number of rotatable bonds is 5. The Kier molecular flexibility index (Phi) is 4.47. The van der Waals surface area contributed by atoms with E-state index in [1.54, 1.807) is 16.7 Å². The molecule has 2 amide bonds. The number of benzene rings is 1. The number of primary amides is 1. The highest BCUT2D eigenvalue weighted by Gasteiger charge is 2.31. The molecule has 102 valence electrons. The van der Waals surface area contributed by atoms with Crippen molar-refractivity contribution in [2.24, 2.45) is 11.7 Å². The van der Waals surface area contributed by atoms with Crippen molar-refractivity contribution in [3.8, 4) is 0 Å². The molecule has 5 heteroatoms. The summed E-state index contributed by atoms with van der Waals surface area (Å²) in [6.45, 7) is 1.27. The first-order chi connectivity index (χ1) is 9.10. The van der Waals surface area contributed by atoms with Gasteiger partial charge in [-0.3, -0.25) is 9.59 Å². The number of nitrogens with two attached hydrogens (primary N) is 1. The molecule has 0 saturated carbocycles. The second kappa shape index (κ2) is 6.10. The summed E-state index contributed by atoms with van der Waals surface area (Å²) in [5, 5.41) is 0.